The minimum Gasteiger partial charge on any atom is -0.453 e. The van der Waals surface area contributed by atoms with Crippen molar-refractivity contribution >= 4 is 0 Å². The number of ether oxygens (including phenoxy) is 2. The van der Waals surface area contributed by atoms with Gasteiger partial charge in [0.25, 0.3) is 0 Å². The summed E-state index contributed by atoms with van der Waals surface area (Å²) in [6.07, 6.45) is 3.22. The average Bonchev–Trinajstić information content (AvgIpc) is 2.73. The van der Waals surface area contributed by atoms with E-state index in [1.165, 1.54) is 38.5 Å². The van der Waals surface area contributed by atoms with E-state index < -0.39 is 41.2 Å². The van der Waals surface area contributed by atoms with Crippen LogP contribution in [0.15, 0.2) is 24.5 Å². The van der Waals surface area contributed by atoms with Gasteiger partial charge >= 0.3 is 12.2 Å². The zero-order valence-electron chi connectivity index (χ0n) is 18.2. The molecule has 2 aliphatic carbocycles. The first kappa shape index (κ1) is 24.8. The molecule has 0 atom stereocenters. The van der Waals surface area contributed by atoms with Crippen LogP contribution in [0.1, 0.15) is 71.1 Å². The molecule has 2 nitrogen and oxygen atoms in total. The van der Waals surface area contributed by atoms with Gasteiger partial charge in [0.1, 0.15) is 5.75 Å². The zero-order valence-corrected chi connectivity index (χ0v) is 18.2. The summed E-state index contributed by atoms with van der Waals surface area (Å²) in [5.74, 6) is -3.83. The Bertz CT molecular complexity index is 754. The molecule has 0 bridgehead atoms. The van der Waals surface area contributed by atoms with E-state index in [9.17, 15) is 26.3 Å². The van der Waals surface area contributed by atoms with Crippen molar-refractivity contribution in [1.29, 1.82) is 0 Å². The molecule has 8 heteroatoms. The number of benzene rings is 1. The Morgan fingerprint density at radius 3 is 1.97 bits per heavy atom. The van der Waals surface area contributed by atoms with Crippen molar-refractivity contribution in [3.63, 3.8) is 0 Å². The van der Waals surface area contributed by atoms with Gasteiger partial charge in [0, 0.05) is 12.1 Å². The molecular weight excluding hydrogens is 434 g/mol. The minimum absolute atomic E-state index is 0.134. The standard InChI is InChI=1S/C24H30F6O2/c1-2-3-15-4-6-16(7-5-15)17-8-10-18(11-9-17)24(29,30)32-19-12-20(25)23(21(26)13-19)31-14-22(27)28/h12-18H,2-11H2,1H3. The van der Waals surface area contributed by atoms with E-state index in [2.05, 4.69) is 16.4 Å². The molecule has 2 aliphatic rings. The van der Waals surface area contributed by atoms with E-state index in [1.807, 2.05) is 0 Å². The van der Waals surface area contributed by atoms with Crippen molar-refractivity contribution in [2.45, 2.75) is 77.2 Å². The van der Waals surface area contributed by atoms with Gasteiger partial charge in [-0.3, -0.25) is 0 Å². The molecule has 0 saturated heterocycles. The van der Waals surface area contributed by atoms with E-state index in [4.69, 9.17) is 0 Å². The van der Waals surface area contributed by atoms with Crippen LogP contribution in [0.3, 0.4) is 0 Å². The first-order valence-electron chi connectivity index (χ1n) is 11.4. The minimum atomic E-state index is -3.59. The second-order valence-electron chi connectivity index (χ2n) is 9.09. The molecular formula is C24H30F6O2. The molecule has 2 saturated carbocycles. The highest BCUT2D eigenvalue weighted by Gasteiger charge is 2.45. The average molecular weight is 464 g/mol. The Kier molecular flexibility index (Phi) is 8.39. The van der Waals surface area contributed by atoms with Crippen molar-refractivity contribution in [3.8, 4) is 11.5 Å². The maximum atomic E-state index is 14.7. The number of hydrogen-bond acceptors (Lipinski definition) is 2. The molecule has 2 fully saturated rings. The second kappa shape index (κ2) is 10.8. The largest absolute Gasteiger partial charge is 0.453 e. The summed E-state index contributed by atoms with van der Waals surface area (Å²) >= 11 is 0. The van der Waals surface area contributed by atoms with Crippen LogP contribution in [0.5, 0.6) is 11.5 Å². The van der Waals surface area contributed by atoms with Crippen LogP contribution in [0, 0.1) is 35.3 Å². The van der Waals surface area contributed by atoms with Crippen molar-refractivity contribution in [2.24, 2.45) is 23.7 Å². The highest BCUT2D eigenvalue weighted by Crippen LogP contribution is 2.46. The third-order valence-electron chi connectivity index (χ3n) is 6.99. The van der Waals surface area contributed by atoms with E-state index in [1.54, 1.807) is 0 Å². The molecule has 1 aromatic carbocycles. The number of alkyl halides is 2. The monoisotopic (exact) mass is 464 g/mol. The summed E-state index contributed by atoms with van der Waals surface area (Å²) in [6.45, 7) is 2.20. The number of halogens is 6. The Balaban J connectivity index is 1.55. The lowest BCUT2D eigenvalue weighted by Gasteiger charge is -2.39. The normalized spacial score (nSPS) is 26.5. The highest BCUT2D eigenvalue weighted by atomic mass is 19.3. The molecule has 0 aromatic heterocycles. The Morgan fingerprint density at radius 2 is 1.47 bits per heavy atom. The maximum absolute atomic E-state index is 14.7. The van der Waals surface area contributed by atoms with E-state index in [0.717, 1.165) is 5.92 Å². The predicted molar refractivity (Wildman–Crippen MR) is 109 cm³/mol. The molecule has 180 valence electrons. The van der Waals surface area contributed by atoms with Crippen LogP contribution in [0.25, 0.3) is 0 Å². The van der Waals surface area contributed by atoms with Crippen molar-refractivity contribution in [3.05, 3.63) is 36.1 Å². The Morgan fingerprint density at radius 1 is 0.938 bits per heavy atom. The summed E-state index contributed by atoms with van der Waals surface area (Å²) in [7, 11) is 0. The Hall–Kier alpha value is -1.86. The van der Waals surface area contributed by atoms with Crippen molar-refractivity contribution < 1.29 is 35.8 Å². The van der Waals surface area contributed by atoms with Gasteiger partial charge in [0.05, 0.1) is 5.92 Å². The molecule has 32 heavy (non-hydrogen) atoms. The van der Waals surface area contributed by atoms with E-state index in [-0.39, 0.29) is 6.26 Å². The van der Waals surface area contributed by atoms with Gasteiger partial charge in [-0.25, -0.2) is 8.78 Å². The summed E-state index contributed by atoms with van der Waals surface area (Å²) in [5.41, 5.74) is 0. The first-order chi connectivity index (χ1) is 15.2. The van der Waals surface area contributed by atoms with Crippen LogP contribution in [0.2, 0.25) is 0 Å². The van der Waals surface area contributed by atoms with Gasteiger partial charge in [-0.05, 0) is 56.3 Å². The van der Waals surface area contributed by atoms with Gasteiger partial charge in [-0.15, -0.1) is 0 Å². The van der Waals surface area contributed by atoms with Gasteiger partial charge in [-0.1, -0.05) is 32.6 Å². The van der Waals surface area contributed by atoms with Crippen LogP contribution in [-0.2, 0) is 0 Å². The predicted octanol–water partition coefficient (Wildman–Crippen LogP) is 8.47. The molecule has 0 spiro atoms. The van der Waals surface area contributed by atoms with Crippen molar-refractivity contribution in [2.75, 3.05) is 0 Å². The number of rotatable bonds is 8. The second-order valence-corrected chi connectivity index (χ2v) is 9.09. The van der Waals surface area contributed by atoms with E-state index in [0.29, 0.717) is 49.7 Å². The molecule has 3 rings (SSSR count). The quantitative estimate of drug-likeness (QED) is 0.284. The fourth-order valence-electron chi connectivity index (χ4n) is 5.34. The summed E-state index contributed by atoms with van der Waals surface area (Å²) < 4.78 is 90.3. The van der Waals surface area contributed by atoms with Crippen LogP contribution in [0.4, 0.5) is 26.3 Å². The lowest BCUT2D eigenvalue weighted by atomic mass is 9.68. The first-order valence-corrected chi connectivity index (χ1v) is 11.4. The molecule has 1 aromatic rings. The molecule has 0 unspecified atom stereocenters. The smallest absolute Gasteiger partial charge is 0.400 e. The molecule has 0 amide bonds. The number of hydrogen-bond donors (Lipinski definition) is 0. The van der Waals surface area contributed by atoms with Crippen LogP contribution < -0.4 is 9.47 Å². The third-order valence-corrected chi connectivity index (χ3v) is 6.99. The Labute approximate surface area is 185 Å². The fraction of sp³-hybridized carbons (Fsp3) is 0.667. The summed E-state index contributed by atoms with van der Waals surface area (Å²) in [5, 5.41) is 0. The van der Waals surface area contributed by atoms with Crippen molar-refractivity contribution in [1.82, 2.24) is 0 Å². The van der Waals surface area contributed by atoms with E-state index >= 15 is 0 Å². The molecule has 0 heterocycles. The fourth-order valence-corrected chi connectivity index (χ4v) is 5.34. The third kappa shape index (κ3) is 6.35. The highest BCUT2D eigenvalue weighted by molar-refractivity contribution is 5.35. The van der Waals surface area contributed by atoms with Gasteiger partial charge in [0.15, 0.2) is 23.6 Å². The molecule has 0 radical (unpaired) electrons. The van der Waals surface area contributed by atoms with Crippen LogP contribution >= 0.6 is 0 Å². The van der Waals surface area contributed by atoms with Gasteiger partial charge < -0.3 is 9.47 Å². The van der Waals surface area contributed by atoms with Gasteiger partial charge in [-0.2, -0.15) is 17.6 Å². The van der Waals surface area contributed by atoms with Gasteiger partial charge in [0.2, 0.25) is 0 Å². The molecule has 0 N–H and O–H groups in total. The van der Waals surface area contributed by atoms with Crippen LogP contribution in [-0.4, -0.2) is 6.11 Å². The summed E-state index contributed by atoms with van der Waals surface area (Å²) in [6, 6.07) is 1.02. The lowest BCUT2D eigenvalue weighted by Crippen LogP contribution is -2.38. The lowest BCUT2D eigenvalue weighted by molar-refractivity contribution is -0.224. The maximum Gasteiger partial charge on any atom is 0.400 e. The topological polar surface area (TPSA) is 18.5 Å². The SMILES string of the molecule is CCCC1CCC(C2CCC(C(F)(F)Oc3cc(F)c(OC=C(F)F)c(F)c3)CC2)CC1. The molecule has 0 aliphatic heterocycles. The summed E-state index contributed by atoms with van der Waals surface area (Å²) in [4.78, 5) is 0. The zero-order chi connectivity index (χ0) is 23.3.